The van der Waals surface area contributed by atoms with Crippen LogP contribution in [0.4, 0.5) is 5.69 Å². The van der Waals surface area contributed by atoms with Crippen molar-refractivity contribution in [3.05, 3.63) is 108 Å². The number of nitrogens with one attached hydrogen (secondary N) is 1. The van der Waals surface area contributed by atoms with E-state index in [1.807, 2.05) is 48.8 Å². The molecular formula is C30H26N2O. The number of carbonyl (C=O) groups is 1. The maximum Gasteiger partial charge on any atom is 0.256 e. The molecule has 3 heteroatoms. The van der Waals surface area contributed by atoms with Gasteiger partial charge in [0.25, 0.3) is 5.91 Å². The monoisotopic (exact) mass is 430 g/mol. The smallest absolute Gasteiger partial charge is 0.256 e. The van der Waals surface area contributed by atoms with Crippen molar-refractivity contribution in [3.8, 4) is 11.1 Å². The number of fused-ring (bicyclic) bond motifs is 2. The molecule has 0 unspecified atom stereocenters. The van der Waals surface area contributed by atoms with Gasteiger partial charge in [0.1, 0.15) is 0 Å². The molecule has 3 nitrogen and oxygen atoms in total. The van der Waals surface area contributed by atoms with Crippen LogP contribution in [0.5, 0.6) is 0 Å². The van der Waals surface area contributed by atoms with Crippen LogP contribution in [0, 0.1) is 0 Å². The number of carbonyl (C=O) groups excluding carboxylic acids is 1. The highest BCUT2D eigenvalue weighted by Crippen LogP contribution is 2.31. The van der Waals surface area contributed by atoms with Gasteiger partial charge in [-0.3, -0.25) is 9.78 Å². The second-order valence-corrected chi connectivity index (χ2v) is 9.43. The van der Waals surface area contributed by atoms with Crippen molar-refractivity contribution in [3.63, 3.8) is 0 Å². The molecule has 0 radical (unpaired) electrons. The van der Waals surface area contributed by atoms with Gasteiger partial charge in [0.2, 0.25) is 0 Å². The maximum absolute atomic E-state index is 13.1. The molecule has 4 aromatic carbocycles. The summed E-state index contributed by atoms with van der Waals surface area (Å²) in [6, 6.07) is 28.5. The van der Waals surface area contributed by atoms with Gasteiger partial charge in [-0.25, -0.2) is 0 Å². The zero-order valence-corrected chi connectivity index (χ0v) is 19.1. The highest BCUT2D eigenvalue weighted by atomic mass is 16.1. The molecule has 0 aliphatic carbocycles. The maximum atomic E-state index is 13.1. The molecule has 0 aliphatic rings. The summed E-state index contributed by atoms with van der Waals surface area (Å²) in [5.74, 6) is -0.104. The molecule has 0 atom stereocenters. The van der Waals surface area contributed by atoms with E-state index in [1.54, 1.807) is 0 Å². The fourth-order valence-electron chi connectivity index (χ4n) is 4.28. The lowest BCUT2D eigenvalue weighted by Gasteiger charge is -2.19. The van der Waals surface area contributed by atoms with Crippen molar-refractivity contribution in [1.29, 1.82) is 0 Å². The first kappa shape index (κ1) is 20.9. The molecule has 0 bridgehead atoms. The number of rotatable bonds is 3. The van der Waals surface area contributed by atoms with Gasteiger partial charge in [-0.05, 0) is 68.6 Å². The Bertz CT molecular complexity index is 1470. The number of anilines is 1. The van der Waals surface area contributed by atoms with E-state index < -0.39 is 0 Å². The van der Waals surface area contributed by atoms with Gasteiger partial charge in [0.15, 0.2) is 0 Å². The van der Waals surface area contributed by atoms with Crippen molar-refractivity contribution in [2.75, 3.05) is 5.32 Å². The summed E-state index contributed by atoms with van der Waals surface area (Å²) in [5, 5.41) is 7.30. The molecule has 0 spiro atoms. The number of benzene rings is 4. The second kappa shape index (κ2) is 8.18. The van der Waals surface area contributed by atoms with Crippen molar-refractivity contribution in [1.82, 2.24) is 4.98 Å². The summed E-state index contributed by atoms with van der Waals surface area (Å²) in [6.07, 6.45) is 3.71. The minimum Gasteiger partial charge on any atom is -0.322 e. The van der Waals surface area contributed by atoms with Crippen molar-refractivity contribution >= 4 is 33.1 Å². The zero-order valence-electron chi connectivity index (χ0n) is 19.1. The third-order valence-corrected chi connectivity index (χ3v) is 6.13. The second-order valence-electron chi connectivity index (χ2n) is 9.43. The molecule has 1 heterocycles. The number of hydrogen-bond acceptors (Lipinski definition) is 2. The molecule has 1 amide bonds. The van der Waals surface area contributed by atoms with E-state index in [9.17, 15) is 4.79 Å². The highest BCUT2D eigenvalue weighted by Gasteiger charge is 2.15. The van der Waals surface area contributed by atoms with Crippen LogP contribution >= 0.6 is 0 Å². The van der Waals surface area contributed by atoms with Crippen LogP contribution in [0.25, 0.3) is 32.7 Å². The molecule has 33 heavy (non-hydrogen) atoms. The van der Waals surface area contributed by atoms with E-state index in [-0.39, 0.29) is 11.3 Å². The average molecular weight is 431 g/mol. The predicted octanol–water partition coefficient (Wildman–Crippen LogP) is 7.60. The summed E-state index contributed by atoms with van der Waals surface area (Å²) in [4.78, 5) is 17.4. The van der Waals surface area contributed by atoms with Crippen LogP contribution in [0.3, 0.4) is 0 Å². The van der Waals surface area contributed by atoms with Gasteiger partial charge in [0.05, 0.1) is 0 Å². The van der Waals surface area contributed by atoms with Gasteiger partial charge in [-0.15, -0.1) is 0 Å². The Morgan fingerprint density at radius 2 is 1.55 bits per heavy atom. The van der Waals surface area contributed by atoms with Crippen LogP contribution in [-0.4, -0.2) is 10.9 Å². The molecule has 0 saturated heterocycles. The number of nitrogens with zero attached hydrogens (tertiary/aromatic N) is 1. The fraction of sp³-hybridized carbons (Fsp3) is 0.133. The van der Waals surface area contributed by atoms with E-state index in [0.717, 1.165) is 33.0 Å². The minimum absolute atomic E-state index is 0.0798. The first-order valence-electron chi connectivity index (χ1n) is 11.2. The molecule has 0 aliphatic heterocycles. The van der Waals surface area contributed by atoms with Gasteiger partial charge in [0, 0.05) is 29.0 Å². The number of amides is 1. The Balaban J connectivity index is 1.48. The Labute approximate surface area is 194 Å². The molecule has 1 aromatic heterocycles. The largest absolute Gasteiger partial charge is 0.322 e. The highest BCUT2D eigenvalue weighted by molar-refractivity contribution is 6.13. The van der Waals surface area contributed by atoms with Crippen LogP contribution < -0.4 is 5.32 Å². The van der Waals surface area contributed by atoms with Crippen LogP contribution in [0.2, 0.25) is 0 Å². The standard InChI is InChI=1S/C30H26N2O/c1-30(2,3)23-11-13-24(14-12-23)32-29(33)28-9-4-6-20-18-21(10-15-26(20)28)25-8-5-7-22-19-31-17-16-27(22)25/h4-19H,1-3H3,(H,32,33). The van der Waals surface area contributed by atoms with E-state index in [2.05, 4.69) is 79.6 Å². The van der Waals surface area contributed by atoms with E-state index in [0.29, 0.717) is 5.56 Å². The number of aromatic nitrogens is 1. The quantitative estimate of drug-likeness (QED) is 0.320. The summed E-state index contributed by atoms with van der Waals surface area (Å²) in [7, 11) is 0. The molecule has 162 valence electrons. The number of pyridine rings is 1. The molecular weight excluding hydrogens is 404 g/mol. The molecule has 5 rings (SSSR count). The Morgan fingerprint density at radius 3 is 2.33 bits per heavy atom. The average Bonchev–Trinajstić information content (AvgIpc) is 2.82. The third-order valence-electron chi connectivity index (χ3n) is 6.13. The lowest BCUT2D eigenvalue weighted by molar-refractivity contribution is 0.102. The van der Waals surface area contributed by atoms with Gasteiger partial charge in [-0.2, -0.15) is 0 Å². The normalized spacial score (nSPS) is 11.6. The van der Waals surface area contributed by atoms with E-state index in [4.69, 9.17) is 0 Å². The van der Waals surface area contributed by atoms with Crippen LogP contribution in [-0.2, 0) is 5.41 Å². The lowest BCUT2D eigenvalue weighted by Crippen LogP contribution is -2.14. The van der Waals surface area contributed by atoms with Gasteiger partial charge >= 0.3 is 0 Å². The Morgan fingerprint density at radius 1 is 0.788 bits per heavy atom. The fourth-order valence-corrected chi connectivity index (χ4v) is 4.28. The lowest BCUT2D eigenvalue weighted by atomic mass is 9.87. The SMILES string of the molecule is CC(C)(C)c1ccc(NC(=O)c2cccc3cc(-c4cccc5cnccc45)ccc23)cc1. The van der Waals surface area contributed by atoms with Crippen molar-refractivity contribution in [2.24, 2.45) is 0 Å². The molecule has 5 aromatic rings. The summed E-state index contributed by atoms with van der Waals surface area (Å²) in [5.41, 5.74) is 5.06. The topological polar surface area (TPSA) is 42.0 Å². The van der Waals surface area contributed by atoms with Crippen molar-refractivity contribution in [2.45, 2.75) is 26.2 Å². The Hall–Kier alpha value is -3.98. The minimum atomic E-state index is -0.104. The Kier molecular flexibility index (Phi) is 5.18. The van der Waals surface area contributed by atoms with E-state index >= 15 is 0 Å². The van der Waals surface area contributed by atoms with Crippen LogP contribution in [0.1, 0.15) is 36.7 Å². The molecule has 1 N–H and O–H groups in total. The van der Waals surface area contributed by atoms with E-state index in [1.165, 1.54) is 10.9 Å². The molecule has 0 fully saturated rings. The molecule has 0 saturated carbocycles. The summed E-state index contributed by atoms with van der Waals surface area (Å²) < 4.78 is 0. The number of hydrogen-bond donors (Lipinski definition) is 1. The summed E-state index contributed by atoms with van der Waals surface area (Å²) >= 11 is 0. The van der Waals surface area contributed by atoms with Crippen LogP contribution in [0.15, 0.2) is 97.3 Å². The third kappa shape index (κ3) is 4.10. The van der Waals surface area contributed by atoms with Crippen molar-refractivity contribution < 1.29 is 4.79 Å². The summed E-state index contributed by atoms with van der Waals surface area (Å²) in [6.45, 7) is 6.54. The van der Waals surface area contributed by atoms with Gasteiger partial charge in [-0.1, -0.05) is 75.4 Å². The first-order chi connectivity index (χ1) is 15.9. The first-order valence-corrected chi connectivity index (χ1v) is 11.2. The predicted molar refractivity (Wildman–Crippen MR) is 138 cm³/mol. The zero-order chi connectivity index (χ0) is 23.0. The van der Waals surface area contributed by atoms with Gasteiger partial charge < -0.3 is 5.32 Å².